The molecule has 4 N–H and O–H groups in total. The lowest BCUT2D eigenvalue weighted by molar-refractivity contribution is -0.305. The molecule has 0 amide bonds. The Morgan fingerprint density at radius 2 is 1.07 bits per heavy atom. The molecule has 0 saturated carbocycles. The molecule has 0 bridgehead atoms. The van der Waals surface area contributed by atoms with E-state index >= 15 is 0 Å². The SMILES string of the molecule is CC/C=C\C/C=C\C/C=C\C/C=C\C/C=C\CCOCC(COC1OC(CO)C(O)C(O)C1O)OC(=O)CCCCCCCCC/C=C\CCCCCCCCC. The van der Waals surface area contributed by atoms with Crippen molar-refractivity contribution >= 4 is 5.97 Å². The molecule has 0 aromatic carbocycles. The first kappa shape index (κ1) is 52.6. The number of hydrogen-bond donors (Lipinski definition) is 4. The normalized spacial score (nSPS) is 21.1. The Bertz CT molecular complexity index is 1100. The highest BCUT2D eigenvalue weighted by Crippen LogP contribution is 2.22. The molecule has 0 aliphatic carbocycles. The Labute approximate surface area is 347 Å². The van der Waals surface area contributed by atoms with Gasteiger partial charge in [-0.05, 0) is 70.6 Å². The molecule has 0 aromatic heterocycles. The highest BCUT2D eigenvalue weighted by molar-refractivity contribution is 5.69. The molecule has 57 heavy (non-hydrogen) atoms. The van der Waals surface area contributed by atoms with Gasteiger partial charge < -0.3 is 39.4 Å². The van der Waals surface area contributed by atoms with Crippen molar-refractivity contribution in [1.82, 2.24) is 0 Å². The van der Waals surface area contributed by atoms with E-state index in [0.717, 1.165) is 64.2 Å². The summed E-state index contributed by atoms with van der Waals surface area (Å²) >= 11 is 0. The Hall–Kier alpha value is -2.37. The highest BCUT2D eigenvalue weighted by Gasteiger charge is 2.44. The van der Waals surface area contributed by atoms with E-state index in [-0.39, 0.29) is 19.2 Å². The van der Waals surface area contributed by atoms with Crippen molar-refractivity contribution < 1.29 is 44.2 Å². The summed E-state index contributed by atoms with van der Waals surface area (Å²) in [5.74, 6) is -0.345. The van der Waals surface area contributed by atoms with Gasteiger partial charge in [-0.1, -0.05) is 157 Å². The van der Waals surface area contributed by atoms with Crippen molar-refractivity contribution in [3.8, 4) is 0 Å². The van der Waals surface area contributed by atoms with Gasteiger partial charge in [0, 0.05) is 6.42 Å². The van der Waals surface area contributed by atoms with Gasteiger partial charge in [0.05, 0.1) is 26.4 Å². The summed E-state index contributed by atoms with van der Waals surface area (Å²) in [6, 6.07) is 0. The smallest absolute Gasteiger partial charge is 0.306 e. The van der Waals surface area contributed by atoms with Crippen molar-refractivity contribution in [2.75, 3.05) is 26.4 Å². The van der Waals surface area contributed by atoms with Crippen LogP contribution in [0.1, 0.15) is 162 Å². The number of carbonyl (C=O) groups is 1. The molecule has 9 nitrogen and oxygen atoms in total. The fourth-order valence-electron chi connectivity index (χ4n) is 6.37. The van der Waals surface area contributed by atoms with Crippen LogP contribution in [0, 0.1) is 0 Å². The Morgan fingerprint density at radius 1 is 0.579 bits per heavy atom. The molecule has 1 saturated heterocycles. The summed E-state index contributed by atoms with van der Waals surface area (Å²) in [7, 11) is 0. The van der Waals surface area contributed by atoms with Crippen LogP contribution in [-0.4, -0.2) is 89.6 Å². The van der Waals surface area contributed by atoms with E-state index in [0.29, 0.717) is 19.4 Å². The fourth-order valence-corrected chi connectivity index (χ4v) is 6.37. The molecule has 1 aliphatic heterocycles. The van der Waals surface area contributed by atoms with E-state index in [4.69, 9.17) is 18.9 Å². The first-order valence-corrected chi connectivity index (χ1v) is 22.5. The Kier molecular flexibility index (Phi) is 36.1. The molecule has 0 spiro atoms. The minimum absolute atomic E-state index is 0.0855. The number of aliphatic hydroxyl groups excluding tert-OH is 4. The zero-order valence-corrected chi connectivity index (χ0v) is 35.8. The number of rotatable bonds is 37. The zero-order chi connectivity index (χ0) is 41.4. The number of allylic oxidation sites excluding steroid dienone is 11. The molecule has 328 valence electrons. The number of hydrogen-bond acceptors (Lipinski definition) is 9. The van der Waals surface area contributed by atoms with E-state index in [1.807, 2.05) is 0 Å². The number of carbonyl (C=O) groups excluding carboxylic acids is 1. The maximum Gasteiger partial charge on any atom is 0.306 e. The molecule has 0 radical (unpaired) electrons. The minimum Gasteiger partial charge on any atom is -0.457 e. The van der Waals surface area contributed by atoms with Gasteiger partial charge in [0.2, 0.25) is 0 Å². The number of ether oxygens (including phenoxy) is 4. The molecule has 6 unspecified atom stereocenters. The summed E-state index contributed by atoms with van der Waals surface area (Å²) in [5.41, 5.74) is 0. The van der Waals surface area contributed by atoms with E-state index in [2.05, 4.69) is 86.8 Å². The average molecular weight is 803 g/mol. The van der Waals surface area contributed by atoms with E-state index in [1.54, 1.807) is 0 Å². The molecule has 0 aromatic rings. The Balaban J connectivity index is 2.32. The molecular weight excluding hydrogens is 721 g/mol. The number of aliphatic hydroxyl groups is 4. The third kappa shape index (κ3) is 30.4. The van der Waals surface area contributed by atoms with Crippen molar-refractivity contribution in [3.63, 3.8) is 0 Å². The second-order valence-electron chi connectivity index (χ2n) is 15.1. The summed E-state index contributed by atoms with van der Waals surface area (Å²) in [4.78, 5) is 12.8. The fraction of sp³-hybridized carbons (Fsp3) is 0.729. The second kappa shape index (κ2) is 39.1. The predicted molar refractivity (Wildman–Crippen MR) is 233 cm³/mol. The first-order valence-electron chi connectivity index (χ1n) is 22.5. The van der Waals surface area contributed by atoms with Crippen LogP contribution >= 0.6 is 0 Å². The standard InChI is InChI=1S/C48H82O9/c1-3-5-7-9-11-13-15-17-19-21-22-23-25-27-29-31-33-35-37-44(50)56-42(41-55-48-47(53)46(52)45(51)43(39-49)57-48)40-54-38-36-34-32-30-28-26-24-20-18-16-14-12-10-8-6-4-2/h6,8,12,14,18-21,26,28,32,34,42-43,45-49,51-53H,3-5,7,9-11,13,15-17,22-25,27,29-31,33,35-41H2,1-2H3/b8-6-,14-12-,20-18-,21-19-,28-26-,34-32-. The molecule has 1 heterocycles. The summed E-state index contributed by atoms with van der Waals surface area (Å²) < 4.78 is 22.7. The lowest BCUT2D eigenvalue weighted by atomic mass is 9.99. The molecule has 1 rings (SSSR count). The van der Waals surface area contributed by atoms with Crippen LogP contribution in [0.5, 0.6) is 0 Å². The van der Waals surface area contributed by atoms with Gasteiger partial charge in [-0.2, -0.15) is 0 Å². The average Bonchev–Trinajstić information content (AvgIpc) is 3.21. The van der Waals surface area contributed by atoms with Crippen molar-refractivity contribution in [2.45, 2.75) is 198 Å². The van der Waals surface area contributed by atoms with Crippen LogP contribution in [0.25, 0.3) is 0 Å². The van der Waals surface area contributed by atoms with Crippen molar-refractivity contribution in [2.24, 2.45) is 0 Å². The largest absolute Gasteiger partial charge is 0.457 e. The summed E-state index contributed by atoms with van der Waals surface area (Å²) in [5, 5.41) is 40.1. The van der Waals surface area contributed by atoms with Crippen LogP contribution in [0.3, 0.4) is 0 Å². The van der Waals surface area contributed by atoms with Crippen LogP contribution in [0.2, 0.25) is 0 Å². The minimum atomic E-state index is -1.55. The van der Waals surface area contributed by atoms with E-state index in [9.17, 15) is 25.2 Å². The molecule has 9 heteroatoms. The van der Waals surface area contributed by atoms with Crippen LogP contribution < -0.4 is 0 Å². The van der Waals surface area contributed by atoms with Crippen LogP contribution in [-0.2, 0) is 23.7 Å². The third-order valence-corrected chi connectivity index (χ3v) is 9.88. The second-order valence-corrected chi connectivity index (χ2v) is 15.1. The zero-order valence-electron chi connectivity index (χ0n) is 35.8. The van der Waals surface area contributed by atoms with Gasteiger partial charge in [-0.15, -0.1) is 0 Å². The maximum atomic E-state index is 12.8. The summed E-state index contributed by atoms with van der Waals surface area (Å²) in [6.45, 7) is 4.21. The predicted octanol–water partition coefficient (Wildman–Crippen LogP) is 10.1. The van der Waals surface area contributed by atoms with Crippen molar-refractivity contribution in [1.29, 1.82) is 0 Å². The molecule has 1 fully saturated rings. The van der Waals surface area contributed by atoms with Crippen LogP contribution in [0.4, 0.5) is 0 Å². The number of unbranched alkanes of at least 4 members (excludes halogenated alkanes) is 14. The summed E-state index contributed by atoms with van der Waals surface area (Å²) in [6.07, 6.45) is 43.8. The van der Waals surface area contributed by atoms with Gasteiger partial charge in [-0.25, -0.2) is 0 Å². The molecular formula is C48H82O9. The van der Waals surface area contributed by atoms with Gasteiger partial charge in [0.25, 0.3) is 0 Å². The molecule has 1 aliphatic rings. The first-order chi connectivity index (χ1) is 27.9. The lowest BCUT2D eigenvalue weighted by Crippen LogP contribution is -2.59. The maximum absolute atomic E-state index is 12.8. The van der Waals surface area contributed by atoms with E-state index < -0.39 is 43.4 Å². The quantitative estimate of drug-likeness (QED) is 0.0275. The van der Waals surface area contributed by atoms with E-state index in [1.165, 1.54) is 70.6 Å². The molecule has 6 atom stereocenters. The van der Waals surface area contributed by atoms with Gasteiger partial charge in [0.15, 0.2) is 6.29 Å². The monoisotopic (exact) mass is 803 g/mol. The topological polar surface area (TPSA) is 135 Å². The van der Waals surface area contributed by atoms with Crippen LogP contribution in [0.15, 0.2) is 72.9 Å². The Morgan fingerprint density at radius 3 is 1.61 bits per heavy atom. The van der Waals surface area contributed by atoms with Gasteiger partial charge in [0.1, 0.15) is 30.5 Å². The van der Waals surface area contributed by atoms with Crippen molar-refractivity contribution in [3.05, 3.63) is 72.9 Å². The van der Waals surface area contributed by atoms with Gasteiger partial charge >= 0.3 is 5.97 Å². The lowest BCUT2D eigenvalue weighted by Gasteiger charge is -2.39. The third-order valence-electron chi connectivity index (χ3n) is 9.88. The van der Waals surface area contributed by atoms with Gasteiger partial charge in [-0.3, -0.25) is 4.79 Å². The number of esters is 1. The highest BCUT2D eigenvalue weighted by atomic mass is 16.7.